The number of likely N-dealkylation sites (N-methyl/N-ethyl adjacent to an activating group) is 1. The number of ether oxygens (including phenoxy) is 1. The third-order valence-electron chi connectivity index (χ3n) is 6.23. The van der Waals surface area contributed by atoms with Crippen molar-refractivity contribution in [3.05, 3.63) is 41.3 Å². The zero-order valence-corrected chi connectivity index (χ0v) is 19.4. The molecule has 0 aromatic carbocycles. The number of amides is 1. The largest absolute Gasteiger partial charge is 0.493 e. The molecule has 172 valence electrons. The van der Waals surface area contributed by atoms with Crippen molar-refractivity contribution in [3.8, 4) is 5.75 Å². The number of carbonyl (C=O) groups excluding carboxylic acids is 1. The van der Waals surface area contributed by atoms with Gasteiger partial charge in [-0.15, -0.1) is 11.3 Å². The minimum atomic E-state index is -0.0641. The maximum absolute atomic E-state index is 13.0. The molecule has 1 amide bonds. The van der Waals surface area contributed by atoms with E-state index in [1.807, 2.05) is 25.3 Å². The van der Waals surface area contributed by atoms with Crippen molar-refractivity contribution >= 4 is 44.5 Å². The van der Waals surface area contributed by atoms with Gasteiger partial charge in [-0.3, -0.25) is 4.79 Å². The summed E-state index contributed by atoms with van der Waals surface area (Å²) in [4.78, 5) is 25.9. The summed E-state index contributed by atoms with van der Waals surface area (Å²) in [5.74, 6) is 1.46. The summed E-state index contributed by atoms with van der Waals surface area (Å²) in [6.07, 6.45) is 7.42. The Bertz CT molecular complexity index is 1320. The fourth-order valence-corrected chi connectivity index (χ4v) is 5.82. The van der Waals surface area contributed by atoms with Crippen molar-refractivity contribution in [3.63, 3.8) is 0 Å². The maximum Gasteiger partial charge on any atom is 0.226 e. The standard InChI is InChI=1S/C23H26N6O3S/c1-3-28(8-9-30)23(31)14-4-5-16-19(10-14)33-22-20(16)21(24-13-25-22)27-17-11-15-6-7-26-29(15)12-18(17)32-2/h6-7,11-14,30H,3-5,8-10H2,1-2H3,(H,24,25,27). The van der Waals surface area contributed by atoms with E-state index < -0.39 is 0 Å². The van der Waals surface area contributed by atoms with E-state index in [-0.39, 0.29) is 18.4 Å². The number of aliphatic hydroxyl groups is 1. The first-order valence-corrected chi connectivity index (χ1v) is 11.9. The number of thiophene rings is 1. The Morgan fingerprint density at radius 1 is 1.42 bits per heavy atom. The van der Waals surface area contributed by atoms with Crippen molar-refractivity contribution in [1.82, 2.24) is 24.5 Å². The first-order chi connectivity index (χ1) is 16.1. The molecule has 0 fully saturated rings. The molecule has 0 saturated heterocycles. The van der Waals surface area contributed by atoms with Crippen LogP contribution in [-0.4, -0.2) is 62.3 Å². The normalized spacial score (nSPS) is 15.5. The lowest BCUT2D eigenvalue weighted by Gasteiger charge is -2.28. The Labute approximate surface area is 195 Å². The van der Waals surface area contributed by atoms with Crippen LogP contribution < -0.4 is 10.1 Å². The number of rotatable bonds is 7. The van der Waals surface area contributed by atoms with E-state index in [2.05, 4.69) is 20.4 Å². The molecule has 1 aliphatic carbocycles. The van der Waals surface area contributed by atoms with Crippen LogP contribution in [-0.2, 0) is 17.6 Å². The third kappa shape index (κ3) is 3.89. The van der Waals surface area contributed by atoms with Gasteiger partial charge in [0.1, 0.15) is 17.0 Å². The molecular formula is C23H26N6O3S. The van der Waals surface area contributed by atoms with E-state index in [9.17, 15) is 9.90 Å². The molecule has 2 N–H and O–H groups in total. The summed E-state index contributed by atoms with van der Waals surface area (Å²) in [7, 11) is 1.63. The number of methoxy groups -OCH3 is 1. The number of hydrogen-bond donors (Lipinski definition) is 2. The number of anilines is 2. The summed E-state index contributed by atoms with van der Waals surface area (Å²) in [6, 6.07) is 3.91. The summed E-state index contributed by atoms with van der Waals surface area (Å²) < 4.78 is 7.33. The molecule has 1 aliphatic rings. The van der Waals surface area contributed by atoms with Crippen molar-refractivity contribution in [1.29, 1.82) is 0 Å². The van der Waals surface area contributed by atoms with Gasteiger partial charge in [-0.25, -0.2) is 14.5 Å². The number of nitrogens with zero attached hydrogens (tertiary/aromatic N) is 5. The number of fused-ring (bicyclic) bond motifs is 4. The molecule has 1 unspecified atom stereocenters. The van der Waals surface area contributed by atoms with Gasteiger partial charge in [-0.2, -0.15) is 5.10 Å². The molecule has 0 radical (unpaired) electrons. The SMILES string of the molecule is CCN(CCO)C(=O)C1CCc2c(sc3ncnc(Nc4cc5ccnn5cc4OC)c23)C1. The summed E-state index contributed by atoms with van der Waals surface area (Å²) in [5.41, 5.74) is 2.97. The van der Waals surface area contributed by atoms with Crippen molar-refractivity contribution < 1.29 is 14.6 Å². The Balaban J connectivity index is 1.48. The number of aromatic nitrogens is 4. The van der Waals surface area contributed by atoms with Gasteiger partial charge in [-0.05, 0) is 43.9 Å². The Morgan fingerprint density at radius 2 is 2.30 bits per heavy atom. The highest BCUT2D eigenvalue weighted by atomic mass is 32.1. The molecule has 4 aromatic heterocycles. The topological polar surface area (TPSA) is 105 Å². The predicted octanol–water partition coefficient (Wildman–Crippen LogP) is 3.04. The molecule has 4 aromatic rings. The van der Waals surface area contributed by atoms with Crippen LogP contribution in [0.3, 0.4) is 0 Å². The van der Waals surface area contributed by atoms with Crippen molar-refractivity contribution in [2.24, 2.45) is 5.92 Å². The van der Waals surface area contributed by atoms with Gasteiger partial charge >= 0.3 is 0 Å². The average molecular weight is 467 g/mol. The number of nitrogens with one attached hydrogen (secondary N) is 1. The number of hydrogen-bond acceptors (Lipinski definition) is 8. The van der Waals surface area contributed by atoms with Gasteiger partial charge in [0.2, 0.25) is 5.91 Å². The molecule has 10 heteroatoms. The average Bonchev–Trinajstić information content (AvgIpc) is 3.45. The molecular weight excluding hydrogens is 440 g/mol. The predicted molar refractivity (Wildman–Crippen MR) is 127 cm³/mol. The van der Waals surface area contributed by atoms with Crippen LogP contribution in [0.1, 0.15) is 23.8 Å². The molecule has 9 nitrogen and oxygen atoms in total. The molecule has 4 heterocycles. The number of aryl methyl sites for hydroxylation is 1. The highest BCUT2D eigenvalue weighted by Crippen LogP contribution is 2.41. The monoisotopic (exact) mass is 466 g/mol. The van der Waals surface area contributed by atoms with Crippen LogP contribution >= 0.6 is 11.3 Å². The lowest BCUT2D eigenvalue weighted by Crippen LogP contribution is -2.39. The molecule has 1 atom stereocenters. The van der Waals surface area contributed by atoms with Gasteiger partial charge in [0.15, 0.2) is 5.75 Å². The Hall–Kier alpha value is -3.24. The first kappa shape index (κ1) is 21.6. The fourth-order valence-electron chi connectivity index (χ4n) is 4.55. The van der Waals surface area contributed by atoms with Crippen LogP contribution in [0.15, 0.2) is 30.9 Å². The lowest BCUT2D eigenvalue weighted by atomic mass is 9.87. The van der Waals surface area contributed by atoms with Crippen molar-refractivity contribution in [2.45, 2.75) is 26.2 Å². The van der Waals surface area contributed by atoms with Gasteiger partial charge in [0, 0.05) is 30.1 Å². The van der Waals surface area contributed by atoms with Crippen LogP contribution in [0.5, 0.6) is 5.75 Å². The van der Waals surface area contributed by atoms with E-state index in [1.54, 1.807) is 40.4 Å². The zero-order chi connectivity index (χ0) is 22.9. The minimum absolute atomic E-state index is 0.0143. The second kappa shape index (κ2) is 8.95. The third-order valence-corrected chi connectivity index (χ3v) is 7.39. The molecule has 0 bridgehead atoms. The molecule has 0 spiro atoms. The van der Waals surface area contributed by atoms with E-state index in [0.29, 0.717) is 25.3 Å². The molecule has 33 heavy (non-hydrogen) atoms. The smallest absolute Gasteiger partial charge is 0.226 e. The Kier molecular flexibility index (Phi) is 5.86. The van der Waals surface area contributed by atoms with Crippen molar-refractivity contribution in [2.75, 3.05) is 32.1 Å². The first-order valence-electron chi connectivity index (χ1n) is 11.1. The second-order valence-corrected chi connectivity index (χ2v) is 9.15. The highest BCUT2D eigenvalue weighted by Gasteiger charge is 2.31. The van der Waals surface area contributed by atoms with Crippen LogP contribution in [0, 0.1) is 5.92 Å². The maximum atomic E-state index is 13.0. The minimum Gasteiger partial charge on any atom is -0.493 e. The number of aliphatic hydroxyl groups excluding tert-OH is 1. The quantitative estimate of drug-likeness (QED) is 0.431. The van der Waals surface area contributed by atoms with Gasteiger partial charge in [0.25, 0.3) is 0 Å². The van der Waals surface area contributed by atoms with Crippen LogP contribution in [0.4, 0.5) is 11.5 Å². The van der Waals surface area contributed by atoms with Gasteiger partial charge < -0.3 is 20.1 Å². The fraction of sp³-hybridized carbons (Fsp3) is 0.391. The number of carbonyl (C=O) groups is 1. The van der Waals surface area contributed by atoms with E-state index in [4.69, 9.17) is 4.74 Å². The second-order valence-electron chi connectivity index (χ2n) is 8.07. The van der Waals surface area contributed by atoms with E-state index >= 15 is 0 Å². The van der Waals surface area contributed by atoms with Crippen LogP contribution in [0.25, 0.3) is 15.7 Å². The molecule has 0 saturated carbocycles. The van der Waals surface area contributed by atoms with Gasteiger partial charge in [0.05, 0.1) is 36.5 Å². The summed E-state index contributed by atoms with van der Waals surface area (Å²) in [6.45, 7) is 2.93. The lowest BCUT2D eigenvalue weighted by molar-refractivity contribution is -0.136. The highest BCUT2D eigenvalue weighted by molar-refractivity contribution is 7.19. The van der Waals surface area contributed by atoms with Crippen LogP contribution in [0.2, 0.25) is 0 Å². The molecule has 5 rings (SSSR count). The summed E-state index contributed by atoms with van der Waals surface area (Å²) in [5, 5.41) is 18.0. The Morgan fingerprint density at radius 3 is 3.09 bits per heavy atom. The summed E-state index contributed by atoms with van der Waals surface area (Å²) >= 11 is 1.64. The molecule has 0 aliphatic heterocycles. The zero-order valence-electron chi connectivity index (χ0n) is 18.6. The van der Waals surface area contributed by atoms with E-state index in [0.717, 1.165) is 40.1 Å². The van der Waals surface area contributed by atoms with E-state index in [1.165, 1.54) is 10.4 Å². The van der Waals surface area contributed by atoms with Gasteiger partial charge in [-0.1, -0.05) is 0 Å². The number of pyridine rings is 1.